The largest absolute Gasteiger partial charge is 0.391 e. The molecule has 2 atom stereocenters. The van der Waals surface area contributed by atoms with Gasteiger partial charge < -0.3 is 14.7 Å². The summed E-state index contributed by atoms with van der Waals surface area (Å²) in [6.45, 7) is 7.11. The molecule has 0 aromatic carbocycles. The SMILES string of the molecule is CN(CC(O)C1CCOC1)C1CCC(C)(C)CC1. The van der Waals surface area contributed by atoms with Gasteiger partial charge >= 0.3 is 0 Å². The molecule has 2 rings (SSSR count). The fourth-order valence-corrected chi connectivity index (χ4v) is 3.27. The Morgan fingerprint density at radius 2 is 1.94 bits per heavy atom. The van der Waals surface area contributed by atoms with E-state index in [0.717, 1.165) is 26.2 Å². The van der Waals surface area contributed by atoms with Crippen molar-refractivity contribution in [2.45, 2.75) is 58.1 Å². The highest BCUT2D eigenvalue weighted by Crippen LogP contribution is 2.36. The lowest BCUT2D eigenvalue weighted by Crippen LogP contribution is -2.43. The first kappa shape index (κ1) is 14.3. The van der Waals surface area contributed by atoms with Crippen molar-refractivity contribution in [2.75, 3.05) is 26.8 Å². The van der Waals surface area contributed by atoms with E-state index in [2.05, 4.69) is 25.8 Å². The fraction of sp³-hybridized carbons (Fsp3) is 1.00. The standard InChI is InChI=1S/C15H29NO2/c1-15(2)7-4-13(5-8-15)16(3)10-14(17)12-6-9-18-11-12/h12-14,17H,4-11H2,1-3H3. The summed E-state index contributed by atoms with van der Waals surface area (Å²) < 4.78 is 5.35. The maximum atomic E-state index is 10.2. The first-order valence-electron chi connectivity index (χ1n) is 7.44. The quantitative estimate of drug-likeness (QED) is 0.836. The van der Waals surface area contributed by atoms with Crippen molar-refractivity contribution in [3.8, 4) is 0 Å². The summed E-state index contributed by atoms with van der Waals surface area (Å²) in [6, 6.07) is 0.662. The number of aliphatic hydroxyl groups excluding tert-OH is 1. The lowest BCUT2D eigenvalue weighted by molar-refractivity contribution is 0.0366. The number of nitrogens with zero attached hydrogens (tertiary/aromatic N) is 1. The second-order valence-electron chi connectivity index (χ2n) is 7.03. The summed E-state index contributed by atoms with van der Waals surface area (Å²) >= 11 is 0. The molecule has 1 saturated carbocycles. The molecule has 18 heavy (non-hydrogen) atoms. The van der Waals surface area contributed by atoms with Gasteiger partial charge in [-0.25, -0.2) is 0 Å². The van der Waals surface area contributed by atoms with E-state index in [9.17, 15) is 5.11 Å². The van der Waals surface area contributed by atoms with Crippen LogP contribution in [0.5, 0.6) is 0 Å². The van der Waals surface area contributed by atoms with Gasteiger partial charge in [-0.15, -0.1) is 0 Å². The van der Waals surface area contributed by atoms with E-state index < -0.39 is 0 Å². The van der Waals surface area contributed by atoms with Crippen molar-refractivity contribution in [2.24, 2.45) is 11.3 Å². The third kappa shape index (κ3) is 3.69. The first-order valence-corrected chi connectivity index (χ1v) is 7.44. The topological polar surface area (TPSA) is 32.7 Å². The molecule has 0 spiro atoms. The summed E-state index contributed by atoms with van der Waals surface area (Å²) in [5.74, 6) is 0.354. The van der Waals surface area contributed by atoms with Gasteiger partial charge in [0.25, 0.3) is 0 Å². The second-order valence-corrected chi connectivity index (χ2v) is 7.03. The molecule has 1 aliphatic carbocycles. The lowest BCUT2D eigenvalue weighted by Gasteiger charge is -2.39. The van der Waals surface area contributed by atoms with Gasteiger partial charge in [-0.1, -0.05) is 13.8 Å². The van der Waals surface area contributed by atoms with E-state index in [1.165, 1.54) is 25.7 Å². The maximum absolute atomic E-state index is 10.2. The minimum absolute atomic E-state index is 0.215. The minimum Gasteiger partial charge on any atom is -0.391 e. The summed E-state index contributed by atoms with van der Waals surface area (Å²) in [5, 5.41) is 10.2. The summed E-state index contributed by atoms with van der Waals surface area (Å²) in [4.78, 5) is 2.37. The molecule has 1 heterocycles. The Morgan fingerprint density at radius 3 is 2.50 bits per heavy atom. The van der Waals surface area contributed by atoms with Crippen molar-refractivity contribution in [3.63, 3.8) is 0 Å². The third-order valence-electron chi connectivity index (χ3n) is 4.92. The van der Waals surface area contributed by atoms with Gasteiger partial charge in [-0.05, 0) is 44.6 Å². The van der Waals surface area contributed by atoms with Crippen LogP contribution >= 0.6 is 0 Å². The molecule has 3 nitrogen and oxygen atoms in total. The zero-order chi connectivity index (χ0) is 13.2. The molecule has 3 heteroatoms. The number of ether oxygens (including phenoxy) is 1. The van der Waals surface area contributed by atoms with Crippen LogP contribution in [0, 0.1) is 11.3 Å². The van der Waals surface area contributed by atoms with Crippen LogP contribution in [-0.4, -0.2) is 49.0 Å². The van der Waals surface area contributed by atoms with Crippen LogP contribution in [0.2, 0.25) is 0 Å². The molecule has 106 valence electrons. The average Bonchev–Trinajstić information content (AvgIpc) is 2.82. The molecule has 0 amide bonds. The van der Waals surface area contributed by atoms with Crippen LogP contribution in [-0.2, 0) is 4.74 Å². The molecular weight excluding hydrogens is 226 g/mol. The zero-order valence-electron chi connectivity index (χ0n) is 12.2. The first-order chi connectivity index (χ1) is 8.48. The molecule has 0 aromatic rings. The monoisotopic (exact) mass is 255 g/mol. The van der Waals surface area contributed by atoms with E-state index in [1.54, 1.807) is 0 Å². The molecule has 2 unspecified atom stereocenters. The zero-order valence-corrected chi connectivity index (χ0v) is 12.2. The molecule has 1 saturated heterocycles. The third-order valence-corrected chi connectivity index (χ3v) is 4.92. The van der Waals surface area contributed by atoms with Gasteiger partial charge in [0.15, 0.2) is 0 Å². The van der Waals surface area contributed by atoms with Crippen LogP contribution < -0.4 is 0 Å². The Kier molecular flexibility index (Phi) is 4.68. The van der Waals surface area contributed by atoms with Gasteiger partial charge in [-0.3, -0.25) is 0 Å². The summed E-state index contributed by atoms with van der Waals surface area (Å²) in [5.41, 5.74) is 0.523. The van der Waals surface area contributed by atoms with E-state index in [1.807, 2.05) is 0 Å². The number of aliphatic hydroxyl groups is 1. The Labute approximate surface area is 112 Å². The lowest BCUT2D eigenvalue weighted by atomic mass is 9.75. The highest BCUT2D eigenvalue weighted by Gasteiger charge is 2.31. The molecular formula is C15H29NO2. The van der Waals surface area contributed by atoms with E-state index in [0.29, 0.717) is 17.4 Å². The van der Waals surface area contributed by atoms with E-state index >= 15 is 0 Å². The van der Waals surface area contributed by atoms with E-state index in [-0.39, 0.29) is 6.10 Å². The minimum atomic E-state index is -0.215. The molecule has 1 N–H and O–H groups in total. The van der Waals surface area contributed by atoms with Crippen LogP contribution in [0.1, 0.15) is 46.0 Å². The van der Waals surface area contributed by atoms with Crippen molar-refractivity contribution in [1.82, 2.24) is 4.90 Å². The van der Waals surface area contributed by atoms with Crippen LogP contribution in [0.15, 0.2) is 0 Å². The fourth-order valence-electron chi connectivity index (χ4n) is 3.27. The summed E-state index contributed by atoms with van der Waals surface area (Å²) in [7, 11) is 2.17. The number of likely N-dealkylation sites (N-methyl/N-ethyl adjacent to an activating group) is 1. The molecule has 1 aliphatic heterocycles. The number of hydrogen-bond donors (Lipinski definition) is 1. The Hall–Kier alpha value is -0.120. The van der Waals surface area contributed by atoms with Crippen molar-refractivity contribution in [3.05, 3.63) is 0 Å². The molecule has 2 aliphatic rings. The Balaban J connectivity index is 1.75. The summed E-state index contributed by atoms with van der Waals surface area (Å²) in [6.07, 6.45) is 5.98. The Morgan fingerprint density at radius 1 is 1.28 bits per heavy atom. The van der Waals surface area contributed by atoms with Crippen molar-refractivity contribution >= 4 is 0 Å². The molecule has 0 aromatic heterocycles. The van der Waals surface area contributed by atoms with Crippen LogP contribution in [0.3, 0.4) is 0 Å². The normalized spacial score (nSPS) is 30.8. The average molecular weight is 255 g/mol. The molecule has 0 radical (unpaired) electrons. The smallest absolute Gasteiger partial charge is 0.0718 e. The van der Waals surface area contributed by atoms with Crippen LogP contribution in [0.4, 0.5) is 0 Å². The number of hydrogen-bond acceptors (Lipinski definition) is 3. The molecule has 0 bridgehead atoms. The number of rotatable bonds is 4. The van der Waals surface area contributed by atoms with Gasteiger partial charge in [0.2, 0.25) is 0 Å². The highest BCUT2D eigenvalue weighted by molar-refractivity contribution is 4.84. The van der Waals surface area contributed by atoms with Gasteiger partial charge in [0, 0.05) is 25.1 Å². The van der Waals surface area contributed by atoms with Gasteiger partial charge in [-0.2, -0.15) is 0 Å². The van der Waals surface area contributed by atoms with Gasteiger partial charge in [0.05, 0.1) is 12.7 Å². The van der Waals surface area contributed by atoms with Crippen LogP contribution in [0.25, 0.3) is 0 Å². The maximum Gasteiger partial charge on any atom is 0.0718 e. The van der Waals surface area contributed by atoms with Crippen molar-refractivity contribution in [1.29, 1.82) is 0 Å². The highest BCUT2D eigenvalue weighted by atomic mass is 16.5. The Bertz CT molecular complexity index is 251. The second kappa shape index (κ2) is 5.89. The predicted octanol–water partition coefficient (Wildman–Crippen LogP) is 2.28. The van der Waals surface area contributed by atoms with Crippen molar-refractivity contribution < 1.29 is 9.84 Å². The van der Waals surface area contributed by atoms with E-state index in [4.69, 9.17) is 4.74 Å². The predicted molar refractivity (Wildman–Crippen MR) is 73.6 cm³/mol. The van der Waals surface area contributed by atoms with Gasteiger partial charge in [0.1, 0.15) is 0 Å². The molecule has 2 fully saturated rings.